The van der Waals surface area contributed by atoms with Gasteiger partial charge in [-0.15, -0.1) is 0 Å². The molecule has 0 saturated carbocycles. The highest BCUT2D eigenvalue weighted by Crippen LogP contribution is 2.44. The second-order valence-corrected chi connectivity index (χ2v) is 10.1. The maximum atomic E-state index is 12.5. The molecule has 1 unspecified atom stereocenters. The third-order valence-corrected chi connectivity index (χ3v) is 6.50. The zero-order valence-electron chi connectivity index (χ0n) is 20.3. The van der Waals surface area contributed by atoms with E-state index in [0.29, 0.717) is 6.42 Å². The number of aliphatic carboxylic acids is 1. The van der Waals surface area contributed by atoms with Crippen molar-refractivity contribution in [3.63, 3.8) is 0 Å². The summed E-state index contributed by atoms with van der Waals surface area (Å²) in [7, 11) is 0. The number of hydrogen-bond donors (Lipinski definition) is 2. The summed E-state index contributed by atoms with van der Waals surface area (Å²) in [5.74, 6) is -1.20. The maximum Gasteiger partial charge on any atom is 0.411 e. The van der Waals surface area contributed by atoms with Gasteiger partial charge in [0.15, 0.2) is 0 Å². The van der Waals surface area contributed by atoms with Crippen molar-refractivity contribution < 1.29 is 29.0 Å². The number of ether oxygens (including phenoxy) is 2. The van der Waals surface area contributed by atoms with E-state index >= 15 is 0 Å². The smallest absolute Gasteiger partial charge is 0.411 e. The predicted octanol–water partition coefficient (Wildman–Crippen LogP) is 4.63. The lowest BCUT2D eigenvalue weighted by Gasteiger charge is -2.37. The van der Waals surface area contributed by atoms with Crippen molar-refractivity contribution in [2.75, 3.05) is 19.7 Å². The second kappa shape index (κ2) is 9.98. The van der Waals surface area contributed by atoms with Gasteiger partial charge in [0.1, 0.15) is 18.2 Å². The Morgan fingerprint density at radius 3 is 2.20 bits per heavy atom. The predicted molar refractivity (Wildman–Crippen MR) is 130 cm³/mol. The van der Waals surface area contributed by atoms with E-state index in [9.17, 15) is 19.5 Å². The lowest BCUT2D eigenvalue weighted by atomic mass is 9.91. The minimum atomic E-state index is -1.08. The van der Waals surface area contributed by atoms with Crippen molar-refractivity contribution in [2.24, 2.45) is 5.92 Å². The molecule has 2 amide bonds. The van der Waals surface area contributed by atoms with Gasteiger partial charge in [0.2, 0.25) is 0 Å². The number of nitrogens with zero attached hydrogens (tertiary/aromatic N) is 1. The highest BCUT2D eigenvalue weighted by molar-refractivity contribution is 5.81. The fraction of sp³-hybridized carbons (Fsp3) is 0.444. The Morgan fingerprint density at radius 1 is 1.03 bits per heavy atom. The van der Waals surface area contributed by atoms with Gasteiger partial charge in [-0.25, -0.2) is 14.4 Å². The first-order valence-electron chi connectivity index (χ1n) is 12.0. The number of nitrogens with one attached hydrogen (secondary N) is 1. The molecule has 1 aliphatic heterocycles. The number of alkyl carbamates (subject to hydrolysis) is 1. The number of carboxylic acids is 1. The minimum Gasteiger partial charge on any atom is -0.480 e. The summed E-state index contributed by atoms with van der Waals surface area (Å²) < 4.78 is 10.9. The van der Waals surface area contributed by atoms with Gasteiger partial charge in [0, 0.05) is 19.0 Å². The van der Waals surface area contributed by atoms with Crippen molar-refractivity contribution in [3.05, 3.63) is 59.7 Å². The molecule has 2 aromatic carbocycles. The summed E-state index contributed by atoms with van der Waals surface area (Å²) in [5.41, 5.74) is 3.89. The third-order valence-electron chi connectivity index (χ3n) is 6.50. The molecule has 0 bridgehead atoms. The van der Waals surface area contributed by atoms with Crippen LogP contribution >= 0.6 is 0 Å². The number of rotatable bonds is 5. The SMILES string of the molecule is CC(C)(C)OC(=O)N1CCC(CNC(=O)OCC2c3ccccc3-c3ccccc32)C[C@H]1C(=O)O. The van der Waals surface area contributed by atoms with Gasteiger partial charge in [-0.05, 0) is 61.8 Å². The Morgan fingerprint density at radius 2 is 1.63 bits per heavy atom. The molecule has 2 aliphatic rings. The van der Waals surface area contributed by atoms with Gasteiger partial charge >= 0.3 is 18.2 Å². The fourth-order valence-corrected chi connectivity index (χ4v) is 4.87. The first-order chi connectivity index (χ1) is 16.6. The normalized spacial score (nSPS) is 19.5. The lowest BCUT2D eigenvalue weighted by molar-refractivity contribution is -0.145. The van der Waals surface area contributed by atoms with Crippen LogP contribution in [0.5, 0.6) is 0 Å². The van der Waals surface area contributed by atoms with Crippen LogP contribution in [0.1, 0.15) is 50.7 Å². The largest absolute Gasteiger partial charge is 0.480 e. The van der Waals surface area contributed by atoms with Crippen molar-refractivity contribution in [3.8, 4) is 11.1 Å². The Bertz CT molecular complexity index is 1060. The highest BCUT2D eigenvalue weighted by Gasteiger charge is 2.38. The number of piperidine rings is 1. The van der Waals surface area contributed by atoms with Crippen LogP contribution in [0.25, 0.3) is 11.1 Å². The summed E-state index contributed by atoms with van der Waals surface area (Å²) in [6.45, 7) is 5.98. The van der Waals surface area contributed by atoms with Gasteiger partial charge in [-0.3, -0.25) is 4.90 Å². The van der Waals surface area contributed by atoms with Gasteiger partial charge in [0.25, 0.3) is 0 Å². The average molecular weight is 481 g/mol. The molecular weight excluding hydrogens is 448 g/mol. The van der Waals surface area contributed by atoms with Crippen molar-refractivity contribution in [1.29, 1.82) is 0 Å². The lowest BCUT2D eigenvalue weighted by Crippen LogP contribution is -2.52. The summed E-state index contributed by atoms with van der Waals surface area (Å²) in [6.07, 6.45) is -0.369. The highest BCUT2D eigenvalue weighted by atomic mass is 16.6. The Kier molecular flexibility index (Phi) is 7.00. The van der Waals surface area contributed by atoms with Crippen LogP contribution in [-0.4, -0.2) is 59.5 Å². The van der Waals surface area contributed by atoms with E-state index in [1.165, 1.54) is 4.90 Å². The zero-order chi connectivity index (χ0) is 25.2. The number of hydrogen-bond acceptors (Lipinski definition) is 5. The van der Waals surface area contributed by atoms with Crippen LogP contribution in [0.2, 0.25) is 0 Å². The molecule has 1 fully saturated rings. The van der Waals surface area contributed by atoms with Crippen molar-refractivity contribution in [2.45, 2.75) is 51.2 Å². The number of carbonyl (C=O) groups is 3. The van der Waals surface area contributed by atoms with Gasteiger partial charge in [0.05, 0.1) is 0 Å². The standard InChI is InChI=1S/C27H32N2O6/c1-27(2,3)35-26(33)29-13-12-17(14-23(29)24(30)31)15-28-25(32)34-16-22-20-10-6-4-8-18(20)19-9-5-7-11-21(19)22/h4-11,17,22-23H,12-16H2,1-3H3,(H,28,32)(H,30,31)/t17?,23-/m0/s1. The van der Waals surface area contributed by atoms with Crippen molar-refractivity contribution >= 4 is 18.2 Å². The molecule has 1 heterocycles. The van der Waals surface area contributed by atoms with Crippen LogP contribution in [-0.2, 0) is 14.3 Å². The van der Waals surface area contributed by atoms with Crippen molar-refractivity contribution in [1.82, 2.24) is 10.2 Å². The monoisotopic (exact) mass is 480 g/mol. The number of carbonyl (C=O) groups excluding carboxylic acids is 2. The Balaban J connectivity index is 1.30. The van der Waals surface area contributed by atoms with Crippen LogP contribution in [0.3, 0.4) is 0 Å². The van der Waals surface area contributed by atoms with E-state index in [-0.39, 0.29) is 38.0 Å². The number of likely N-dealkylation sites (tertiary alicyclic amines) is 1. The van der Waals surface area contributed by atoms with Gasteiger partial charge < -0.3 is 19.9 Å². The molecule has 1 saturated heterocycles. The number of fused-ring (bicyclic) bond motifs is 3. The molecule has 2 N–H and O–H groups in total. The molecule has 8 nitrogen and oxygen atoms in total. The molecule has 2 atom stereocenters. The molecule has 0 aromatic heterocycles. The summed E-state index contributed by atoms with van der Waals surface area (Å²) in [5, 5.41) is 12.4. The van der Waals surface area contributed by atoms with Crippen LogP contribution in [0.4, 0.5) is 9.59 Å². The van der Waals surface area contributed by atoms with E-state index in [1.54, 1.807) is 20.8 Å². The zero-order valence-corrected chi connectivity index (χ0v) is 20.3. The topological polar surface area (TPSA) is 105 Å². The van der Waals surface area contributed by atoms with Crippen LogP contribution < -0.4 is 5.32 Å². The number of benzene rings is 2. The Labute approximate surface area is 205 Å². The fourth-order valence-electron chi connectivity index (χ4n) is 4.87. The molecule has 0 spiro atoms. The van der Waals surface area contributed by atoms with Crippen LogP contribution in [0.15, 0.2) is 48.5 Å². The summed E-state index contributed by atoms with van der Waals surface area (Å²) in [4.78, 5) is 38.0. The molecular formula is C27H32N2O6. The van der Waals surface area contributed by atoms with Gasteiger partial charge in [-0.1, -0.05) is 48.5 Å². The molecule has 0 radical (unpaired) electrons. The molecule has 2 aromatic rings. The first-order valence-corrected chi connectivity index (χ1v) is 12.0. The van der Waals surface area contributed by atoms with Crippen LogP contribution in [0, 0.1) is 5.92 Å². The van der Waals surface area contributed by atoms with E-state index in [1.807, 2.05) is 24.3 Å². The average Bonchev–Trinajstić information content (AvgIpc) is 3.14. The first kappa shape index (κ1) is 24.6. The minimum absolute atomic E-state index is 0.0263. The Hall–Kier alpha value is -3.55. The van der Waals surface area contributed by atoms with Gasteiger partial charge in [-0.2, -0.15) is 0 Å². The van der Waals surface area contributed by atoms with E-state index in [0.717, 1.165) is 22.3 Å². The molecule has 35 heavy (non-hydrogen) atoms. The summed E-state index contributed by atoms with van der Waals surface area (Å²) >= 11 is 0. The molecule has 8 heteroatoms. The third kappa shape index (κ3) is 5.58. The maximum absolute atomic E-state index is 12.5. The van der Waals surface area contributed by atoms with E-state index in [4.69, 9.17) is 9.47 Å². The molecule has 4 rings (SSSR count). The summed E-state index contributed by atoms with van der Waals surface area (Å²) in [6, 6.07) is 15.3. The number of amides is 2. The second-order valence-electron chi connectivity index (χ2n) is 10.1. The quantitative estimate of drug-likeness (QED) is 0.647. The van der Waals surface area contributed by atoms with E-state index in [2.05, 4.69) is 29.6 Å². The molecule has 1 aliphatic carbocycles. The molecule has 186 valence electrons. The number of carboxylic acid groups (broad SMARTS) is 1. The van der Waals surface area contributed by atoms with E-state index < -0.39 is 29.8 Å².